The molecule has 0 radical (unpaired) electrons. The van der Waals surface area contributed by atoms with E-state index in [1.807, 2.05) is 0 Å². The van der Waals surface area contributed by atoms with Crippen LogP contribution in [0, 0.1) is 13.8 Å². The Morgan fingerprint density at radius 3 is 1.68 bits per heavy atom. The van der Waals surface area contributed by atoms with Crippen LogP contribution >= 0.6 is 0 Å². The molecule has 9 aromatic rings. The number of rotatable bonds is 4. The maximum atomic E-state index is 2.47. The number of hydrogen-bond acceptors (Lipinski definition) is 0. The van der Waals surface area contributed by atoms with Gasteiger partial charge in [0, 0.05) is 5.41 Å². The summed E-state index contributed by atoms with van der Waals surface area (Å²) >= 11 is 0. The van der Waals surface area contributed by atoms with Gasteiger partial charge in [0.05, 0.1) is 0 Å². The number of fused-ring (bicyclic) bond motifs is 7. The highest BCUT2D eigenvalue weighted by atomic mass is 14.4. The molecule has 0 fully saturated rings. The van der Waals surface area contributed by atoms with Crippen molar-refractivity contribution >= 4 is 32.3 Å². The van der Waals surface area contributed by atoms with Crippen molar-refractivity contribution in [2.45, 2.75) is 33.1 Å². The Morgan fingerprint density at radius 2 is 0.887 bits per heavy atom. The highest BCUT2D eigenvalue weighted by molar-refractivity contribution is 6.16. The van der Waals surface area contributed by atoms with Crippen molar-refractivity contribution in [3.63, 3.8) is 0 Å². The second-order valence-electron chi connectivity index (χ2n) is 15.5. The maximum Gasteiger partial charge on any atom is 0.0159 e. The van der Waals surface area contributed by atoms with Crippen LogP contribution in [0.5, 0.6) is 0 Å². The van der Waals surface area contributed by atoms with E-state index in [1.165, 1.54) is 110 Å². The van der Waals surface area contributed by atoms with E-state index in [-0.39, 0.29) is 5.41 Å². The first kappa shape index (κ1) is 31.5. The van der Waals surface area contributed by atoms with Gasteiger partial charge in [-0.2, -0.15) is 0 Å². The molecule has 53 heavy (non-hydrogen) atoms. The van der Waals surface area contributed by atoms with E-state index in [0.717, 1.165) is 0 Å². The molecular formula is C53H40. The van der Waals surface area contributed by atoms with Crippen molar-refractivity contribution in [2.75, 3.05) is 0 Å². The van der Waals surface area contributed by atoms with Crippen molar-refractivity contribution in [1.29, 1.82) is 0 Å². The average Bonchev–Trinajstić information content (AvgIpc) is 3.43. The molecule has 1 aliphatic rings. The molecule has 0 amide bonds. The number of hydrogen-bond donors (Lipinski definition) is 0. The molecule has 0 heterocycles. The molecule has 10 rings (SSSR count). The van der Waals surface area contributed by atoms with Gasteiger partial charge >= 0.3 is 0 Å². The first-order valence-corrected chi connectivity index (χ1v) is 18.7. The minimum absolute atomic E-state index is 0.0775. The molecule has 9 aromatic carbocycles. The van der Waals surface area contributed by atoms with Crippen LogP contribution in [-0.2, 0) is 5.41 Å². The third-order valence-corrected chi connectivity index (χ3v) is 12.0. The van der Waals surface area contributed by atoms with Gasteiger partial charge in [-0.25, -0.2) is 0 Å². The van der Waals surface area contributed by atoms with Crippen LogP contribution in [0.25, 0.3) is 88.0 Å². The summed E-state index contributed by atoms with van der Waals surface area (Å²) in [5, 5.41) is 7.59. The fourth-order valence-electron chi connectivity index (χ4n) is 8.88. The Labute approximate surface area is 312 Å². The summed E-state index contributed by atoms with van der Waals surface area (Å²) in [5.74, 6) is 0. The summed E-state index contributed by atoms with van der Waals surface area (Å²) < 4.78 is 0. The lowest BCUT2D eigenvalue weighted by Gasteiger charge is -2.22. The van der Waals surface area contributed by atoms with Crippen LogP contribution in [0.1, 0.15) is 36.1 Å². The van der Waals surface area contributed by atoms with Crippen LogP contribution in [0.4, 0.5) is 0 Å². The van der Waals surface area contributed by atoms with E-state index in [9.17, 15) is 0 Å². The summed E-state index contributed by atoms with van der Waals surface area (Å²) in [6.45, 7) is 9.14. The smallest absolute Gasteiger partial charge is 0.0159 e. The van der Waals surface area contributed by atoms with E-state index in [1.54, 1.807) is 0 Å². The van der Waals surface area contributed by atoms with E-state index < -0.39 is 0 Å². The second-order valence-corrected chi connectivity index (χ2v) is 15.5. The number of benzene rings is 9. The van der Waals surface area contributed by atoms with E-state index in [0.29, 0.717) is 0 Å². The minimum Gasteiger partial charge on any atom is -0.0622 e. The summed E-state index contributed by atoms with van der Waals surface area (Å²) in [7, 11) is 0. The topological polar surface area (TPSA) is 0 Å². The quantitative estimate of drug-likeness (QED) is 0.163. The van der Waals surface area contributed by atoms with Gasteiger partial charge in [-0.1, -0.05) is 147 Å². The standard InChI is InChI=1S/C53H40/c1-33-18-19-38(26-34(33)2)39-20-23-43-42(27-39)31-49(41-22-25-46-45-16-10-11-17-51(45)53(3,4)52(46)32-41)50-30-40(21-24-44(43)50)48-29-37-15-9-8-14-36(37)28-47(48)35-12-6-5-7-13-35/h5-32H,1-4H3. The third kappa shape index (κ3) is 5.05. The first-order valence-electron chi connectivity index (χ1n) is 18.7. The molecule has 0 aliphatic heterocycles. The summed E-state index contributed by atoms with van der Waals surface area (Å²) in [4.78, 5) is 0. The molecular weight excluding hydrogens is 637 g/mol. The Kier molecular flexibility index (Phi) is 7.07. The van der Waals surface area contributed by atoms with Crippen molar-refractivity contribution in [2.24, 2.45) is 0 Å². The molecule has 0 atom stereocenters. The van der Waals surface area contributed by atoms with Crippen LogP contribution in [-0.4, -0.2) is 0 Å². The minimum atomic E-state index is -0.0775. The highest BCUT2D eigenvalue weighted by Crippen LogP contribution is 2.50. The van der Waals surface area contributed by atoms with E-state index in [2.05, 4.69) is 198 Å². The van der Waals surface area contributed by atoms with Crippen LogP contribution in [0.15, 0.2) is 170 Å². The Balaban J connectivity index is 1.24. The lowest BCUT2D eigenvalue weighted by Crippen LogP contribution is -2.14. The van der Waals surface area contributed by atoms with Gasteiger partial charge in [-0.15, -0.1) is 0 Å². The zero-order chi connectivity index (χ0) is 35.8. The Hall–Kier alpha value is -6.24. The predicted octanol–water partition coefficient (Wildman–Crippen LogP) is 14.7. The number of aryl methyl sites for hydroxylation is 2. The molecule has 0 spiro atoms. The normalized spacial score (nSPS) is 13.1. The molecule has 0 saturated carbocycles. The fraction of sp³-hybridized carbons (Fsp3) is 0.0943. The van der Waals surface area contributed by atoms with Gasteiger partial charge in [0.1, 0.15) is 0 Å². The largest absolute Gasteiger partial charge is 0.0622 e. The van der Waals surface area contributed by atoms with Gasteiger partial charge in [0.2, 0.25) is 0 Å². The van der Waals surface area contributed by atoms with Crippen LogP contribution in [0.2, 0.25) is 0 Å². The first-order chi connectivity index (χ1) is 25.8. The molecule has 0 unspecified atom stereocenters. The van der Waals surface area contributed by atoms with Crippen molar-refractivity contribution < 1.29 is 0 Å². The Morgan fingerprint density at radius 1 is 0.302 bits per heavy atom. The SMILES string of the molecule is Cc1ccc(-c2ccc3c(c2)cc(-c2ccc4c(c2)C(C)(C)c2ccccc2-4)c2cc(-c4cc5ccccc5cc4-c4ccccc4)ccc23)cc1C. The second kappa shape index (κ2) is 11.9. The van der Waals surface area contributed by atoms with E-state index in [4.69, 9.17) is 0 Å². The molecule has 0 aromatic heterocycles. The molecule has 252 valence electrons. The predicted molar refractivity (Wildman–Crippen MR) is 228 cm³/mol. The van der Waals surface area contributed by atoms with E-state index >= 15 is 0 Å². The van der Waals surface area contributed by atoms with Gasteiger partial charge < -0.3 is 0 Å². The third-order valence-electron chi connectivity index (χ3n) is 12.0. The molecule has 1 aliphatic carbocycles. The lowest BCUT2D eigenvalue weighted by molar-refractivity contribution is 0.660. The van der Waals surface area contributed by atoms with Crippen LogP contribution in [0.3, 0.4) is 0 Å². The summed E-state index contributed by atoms with van der Waals surface area (Å²) in [5.41, 5.74) is 18.0. The fourth-order valence-corrected chi connectivity index (χ4v) is 8.88. The van der Waals surface area contributed by atoms with Crippen molar-refractivity contribution in [3.8, 4) is 55.6 Å². The maximum absolute atomic E-state index is 2.47. The zero-order valence-electron chi connectivity index (χ0n) is 30.7. The van der Waals surface area contributed by atoms with Gasteiger partial charge in [0.25, 0.3) is 0 Å². The summed E-state index contributed by atoms with van der Waals surface area (Å²) in [6.07, 6.45) is 0. The average molecular weight is 677 g/mol. The summed E-state index contributed by atoms with van der Waals surface area (Å²) in [6, 6.07) is 63.8. The van der Waals surface area contributed by atoms with Gasteiger partial charge in [0.15, 0.2) is 0 Å². The van der Waals surface area contributed by atoms with Gasteiger partial charge in [-0.3, -0.25) is 0 Å². The van der Waals surface area contributed by atoms with Crippen LogP contribution < -0.4 is 0 Å². The highest BCUT2D eigenvalue weighted by Gasteiger charge is 2.35. The zero-order valence-corrected chi connectivity index (χ0v) is 30.7. The van der Waals surface area contributed by atoms with Crippen molar-refractivity contribution in [3.05, 3.63) is 192 Å². The van der Waals surface area contributed by atoms with Crippen molar-refractivity contribution in [1.82, 2.24) is 0 Å². The van der Waals surface area contributed by atoms with Gasteiger partial charge in [-0.05, 0) is 160 Å². The lowest BCUT2D eigenvalue weighted by atomic mass is 9.81. The molecule has 0 saturated heterocycles. The molecule has 0 heteroatoms. The monoisotopic (exact) mass is 676 g/mol. The Bertz CT molecular complexity index is 2920. The molecule has 0 bridgehead atoms. The molecule has 0 nitrogen and oxygen atoms in total. The molecule has 0 N–H and O–H groups in total.